The second kappa shape index (κ2) is 7.03. The average molecular weight is 399 g/mol. The minimum atomic E-state index is -3.63. The maximum Gasteiger partial charge on any atom is 0.338 e. The first-order valence-corrected chi connectivity index (χ1v) is 10.5. The number of esters is 1. The van der Waals surface area contributed by atoms with E-state index in [9.17, 15) is 13.2 Å². The van der Waals surface area contributed by atoms with Gasteiger partial charge in [0.05, 0.1) is 16.2 Å². The van der Waals surface area contributed by atoms with E-state index in [1.54, 1.807) is 13.0 Å². The number of nitrogens with zero attached hydrogens (tertiary/aromatic N) is 2. The fraction of sp³-hybridized carbons (Fsp3) is 0.300. The van der Waals surface area contributed by atoms with Crippen molar-refractivity contribution in [3.05, 3.63) is 65.1 Å². The lowest BCUT2D eigenvalue weighted by molar-refractivity contribution is 0.0467. The van der Waals surface area contributed by atoms with Gasteiger partial charge in [0.25, 0.3) is 0 Å². The molecule has 0 amide bonds. The monoisotopic (exact) mass is 399 g/mol. The van der Waals surface area contributed by atoms with Crippen LogP contribution >= 0.6 is 0 Å². The topological polar surface area (TPSA) is 89.8 Å². The zero-order valence-corrected chi connectivity index (χ0v) is 16.5. The Morgan fingerprint density at radius 2 is 2.00 bits per heavy atom. The van der Waals surface area contributed by atoms with E-state index in [-0.39, 0.29) is 23.1 Å². The molecule has 2 aromatic heterocycles. The van der Waals surface area contributed by atoms with Gasteiger partial charge in [0.15, 0.2) is 0 Å². The molecular formula is C20H21N3O4S. The van der Waals surface area contributed by atoms with Crippen molar-refractivity contribution in [2.75, 3.05) is 0 Å². The molecule has 7 nitrogen and oxygen atoms in total. The van der Waals surface area contributed by atoms with Crippen molar-refractivity contribution in [3.8, 4) is 0 Å². The molecule has 1 aliphatic rings. The summed E-state index contributed by atoms with van der Waals surface area (Å²) in [4.78, 5) is 17.0. The van der Waals surface area contributed by atoms with E-state index >= 15 is 0 Å². The Labute approximate surface area is 163 Å². The number of ether oxygens (including phenoxy) is 1. The quantitative estimate of drug-likeness (QED) is 0.644. The highest BCUT2D eigenvalue weighted by molar-refractivity contribution is 7.89. The van der Waals surface area contributed by atoms with E-state index in [1.807, 2.05) is 35.9 Å². The van der Waals surface area contributed by atoms with Crippen molar-refractivity contribution < 1.29 is 17.9 Å². The van der Waals surface area contributed by atoms with E-state index in [2.05, 4.69) is 9.71 Å². The lowest BCUT2D eigenvalue weighted by atomic mass is 10.1. The molecule has 0 aliphatic heterocycles. The third kappa shape index (κ3) is 3.93. The van der Waals surface area contributed by atoms with E-state index in [1.165, 1.54) is 12.1 Å². The summed E-state index contributed by atoms with van der Waals surface area (Å²) < 4.78 is 34.7. The number of hydrogen-bond donors (Lipinski definition) is 1. The van der Waals surface area contributed by atoms with Gasteiger partial charge < -0.3 is 9.14 Å². The number of fused-ring (bicyclic) bond motifs is 1. The number of imidazole rings is 1. The van der Waals surface area contributed by atoms with Crippen LogP contribution in [0.3, 0.4) is 0 Å². The maximum absolute atomic E-state index is 12.5. The number of aromatic nitrogens is 2. The minimum Gasteiger partial charge on any atom is -0.456 e. The largest absolute Gasteiger partial charge is 0.456 e. The molecule has 0 unspecified atom stereocenters. The number of carbonyl (C=O) groups excluding carboxylic acids is 1. The average Bonchev–Trinajstić information content (AvgIpc) is 3.35. The summed E-state index contributed by atoms with van der Waals surface area (Å²) in [6.07, 6.45) is 5.44. The molecule has 1 saturated carbocycles. The van der Waals surface area contributed by atoms with Gasteiger partial charge in [-0.25, -0.2) is 22.9 Å². The molecule has 0 spiro atoms. The Bertz CT molecular complexity index is 1160. The number of rotatable bonds is 6. The number of sulfonamides is 1. The van der Waals surface area contributed by atoms with Crippen molar-refractivity contribution in [1.82, 2.24) is 14.1 Å². The predicted octanol–water partition coefficient (Wildman–Crippen LogP) is 2.75. The lowest BCUT2D eigenvalue weighted by Crippen LogP contribution is -2.26. The third-order valence-corrected chi connectivity index (χ3v) is 6.16. The highest BCUT2D eigenvalue weighted by Crippen LogP contribution is 2.23. The molecule has 0 bridgehead atoms. The lowest BCUT2D eigenvalue weighted by Gasteiger charge is -2.10. The summed E-state index contributed by atoms with van der Waals surface area (Å²) in [6, 6.07) is 8.35. The second-order valence-corrected chi connectivity index (χ2v) is 8.87. The van der Waals surface area contributed by atoms with Gasteiger partial charge in [0.1, 0.15) is 12.3 Å². The van der Waals surface area contributed by atoms with Gasteiger partial charge >= 0.3 is 5.97 Å². The van der Waals surface area contributed by atoms with Crippen LogP contribution in [-0.2, 0) is 21.4 Å². The zero-order valence-electron chi connectivity index (χ0n) is 15.7. The van der Waals surface area contributed by atoms with Crippen LogP contribution in [0.4, 0.5) is 0 Å². The molecule has 1 aromatic carbocycles. The van der Waals surface area contributed by atoms with Gasteiger partial charge in [-0.05, 0) is 56.0 Å². The zero-order chi connectivity index (χ0) is 19.9. The fourth-order valence-electron chi connectivity index (χ4n) is 2.92. The third-order valence-electron chi connectivity index (χ3n) is 4.64. The Balaban J connectivity index is 1.51. The molecule has 3 aromatic rings. The van der Waals surface area contributed by atoms with Crippen LogP contribution in [0.2, 0.25) is 0 Å². The Morgan fingerprint density at radius 1 is 1.21 bits per heavy atom. The molecule has 1 fully saturated rings. The van der Waals surface area contributed by atoms with Gasteiger partial charge in [0, 0.05) is 18.4 Å². The first kappa shape index (κ1) is 18.6. The number of nitrogens with one attached hydrogen (secondary N) is 1. The first-order valence-electron chi connectivity index (χ1n) is 9.06. The smallest absolute Gasteiger partial charge is 0.338 e. The standard InChI is InChI=1S/C20H21N3O4S/c1-13-3-8-19-21-16(11-23(19)10-13)12-27-20(24)18-9-17(7-4-14(18)2)28(25,26)22-15-5-6-15/h3-4,7-11,15,22H,5-6,12H2,1-2H3. The Kier molecular flexibility index (Phi) is 4.68. The van der Waals surface area contributed by atoms with Crippen molar-refractivity contribution in [3.63, 3.8) is 0 Å². The first-order chi connectivity index (χ1) is 13.3. The van der Waals surface area contributed by atoms with Crippen LogP contribution in [0.15, 0.2) is 47.6 Å². The van der Waals surface area contributed by atoms with Crippen LogP contribution in [0.1, 0.15) is 40.0 Å². The van der Waals surface area contributed by atoms with Crippen molar-refractivity contribution in [2.45, 2.75) is 44.2 Å². The predicted molar refractivity (Wildman–Crippen MR) is 104 cm³/mol. The molecular weight excluding hydrogens is 378 g/mol. The molecule has 0 radical (unpaired) electrons. The highest BCUT2D eigenvalue weighted by atomic mass is 32.2. The molecule has 4 rings (SSSR count). The number of pyridine rings is 1. The van der Waals surface area contributed by atoms with Gasteiger partial charge in [-0.2, -0.15) is 0 Å². The summed E-state index contributed by atoms with van der Waals surface area (Å²) in [6.45, 7) is 3.74. The van der Waals surface area contributed by atoms with Crippen molar-refractivity contribution in [1.29, 1.82) is 0 Å². The number of aryl methyl sites for hydroxylation is 2. The van der Waals surface area contributed by atoms with Gasteiger partial charge in [-0.3, -0.25) is 0 Å². The van der Waals surface area contributed by atoms with E-state index < -0.39 is 16.0 Å². The van der Waals surface area contributed by atoms with Crippen LogP contribution in [-0.4, -0.2) is 29.8 Å². The fourth-order valence-corrected chi connectivity index (χ4v) is 4.25. The molecule has 28 heavy (non-hydrogen) atoms. The Hall–Kier alpha value is -2.71. The SMILES string of the molecule is Cc1ccc2nc(COC(=O)c3cc(S(=O)(=O)NC4CC4)ccc3C)cn2c1. The molecule has 0 saturated heterocycles. The van der Waals surface area contributed by atoms with Crippen LogP contribution < -0.4 is 4.72 Å². The minimum absolute atomic E-state index is 0.000360. The summed E-state index contributed by atoms with van der Waals surface area (Å²) in [5, 5.41) is 0. The molecule has 146 valence electrons. The van der Waals surface area contributed by atoms with Gasteiger partial charge in [0.2, 0.25) is 10.0 Å². The van der Waals surface area contributed by atoms with Gasteiger partial charge in [-0.15, -0.1) is 0 Å². The Morgan fingerprint density at radius 3 is 2.75 bits per heavy atom. The van der Waals surface area contributed by atoms with Gasteiger partial charge in [-0.1, -0.05) is 12.1 Å². The number of benzene rings is 1. The van der Waals surface area contributed by atoms with E-state index in [4.69, 9.17) is 4.74 Å². The summed E-state index contributed by atoms with van der Waals surface area (Å²) in [5.41, 5.74) is 3.38. The van der Waals surface area contributed by atoms with Crippen LogP contribution in [0.25, 0.3) is 5.65 Å². The van der Waals surface area contributed by atoms with Crippen LogP contribution in [0, 0.1) is 13.8 Å². The number of hydrogen-bond acceptors (Lipinski definition) is 5. The summed E-state index contributed by atoms with van der Waals surface area (Å²) >= 11 is 0. The molecule has 1 aliphatic carbocycles. The van der Waals surface area contributed by atoms with E-state index in [0.29, 0.717) is 11.3 Å². The second-order valence-electron chi connectivity index (χ2n) is 7.15. The molecule has 2 heterocycles. The van der Waals surface area contributed by atoms with E-state index in [0.717, 1.165) is 24.1 Å². The normalized spacial score (nSPS) is 14.4. The highest BCUT2D eigenvalue weighted by Gasteiger charge is 2.28. The summed E-state index contributed by atoms with van der Waals surface area (Å²) in [5.74, 6) is -0.575. The maximum atomic E-state index is 12.5. The summed E-state index contributed by atoms with van der Waals surface area (Å²) in [7, 11) is -3.63. The molecule has 8 heteroatoms. The van der Waals surface area contributed by atoms with Crippen molar-refractivity contribution >= 4 is 21.6 Å². The van der Waals surface area contributed by atoms with Crippen LogP contribution in [0.5, 0.6) is 0 Å². The molecule has 1 N–H and O–H groups in total. The number of carbonyl (C=O) groups is 1. The molecule has 0 atom stereocenters. The van der Waals surface area contributed by atoms with Crippen molar-refractivity contribution in [2.24, 2.45) is 0 Å².